The lowest BCUT2D eigenvalue weighted by Crippen LogP contribution is -2.29. The van der Waals surface area contributed by atoms with Gasteiger partial charge in [-0.2, -0.15) is 0 Å². The highest BCUT2D eigenvalue weighted by molar-refractivity contribution is 7.80. The largest absolute Gasteiger partial charge is 0.465 e. The first-order valence-corrected chi connectivity index (χ1v) is 13.0. The monoisotopic (exact) mass is 540 g/mol. The van der Waals surface area contributed by atoms with E-state index in [1.54, 1.807) is 18.3 Å². The number of nitrogens with one attached hydrogen (secondary N) is 2. The van der Waals surface area contributed by atoms with Gasteiger partial charge in [-0.1, -0.05) is 25.1 Å². The Bertz CT molecular complexity index is 1520. The number of carbonyl (C=O) groups excluding carboxylic acids is 2. The molecule has 39 heavy (non-hydrogen) atoms. The highest BCUT2D eigenvalue weighted by atomic mass is 32.1. The van der Waals surface area contributed by atoms with Crippen molar-refractivity contribution >= 4 is 40.6 Å². The van der Waals surface area contributed by atoms with Crippen LogP contribution >= 0.6 is 12.2 Å². The van der Waals surface area contributed by atoms with Gasteiger partial charge < -0.3 is 24.7 Å². The highest BCUT2D eigenvalue weighted by Gasteiger charge is 2.42. The maximum Gasteiger partial charge on any atom is 0.337 e. The first-order chi connectivity index (χ1) is 18.9. The van der Waals surface area contributed by atoms with Crippen LogP contribution in [0.3, 0.4) is 0 Å². The smallest absolute Gasteiger partial charge is 0.337 e. The molecule has 2 aromatic heterocycles. The van der Waals surface area contributed by atoms with Crippen molar-refractivity contribution in [3.8, 4) is 11.3 Å². The number of hydrogen-bond acceptors (Lipinski definition) is 6. The van der Waals surface area contributed by atoms with Crippen molar-refractivity contribution in [3.05, 3.63) is 102 Å². The number of hydrogen-bond donors (Lipinski definition) is 2. The first kappa shape index (κ1) is 26.1. The third-order valence-corrected chi connectivity index (χ3v) is 7.00. The number of anilines is 2. The minimum Gasteiger partial charge on any atom is -0.465 e. The van der Waals surface area contributed by atoms with Gasteiger partial charge in [0.15, 0.2) is 5.11 Å². The van der Waals surface area contributed by atoms with Gasteiger partial charge in [-0.3, -0.25) is 9.78 Å². The Labute approximate surface area is 232 Å². The summed E-state index contributed by atoms with van der Waals surface area (Å²) in [5, 5.41) is 6.91. The summed E-state index contributed by atoms with van der Waals surface area (Å²) < 4.78 is 11.2. The second kappa shape index (κ2) is 11.1. The lowest BCUT2D eigenvalue weighted by atomic mass is 10.0. The molecule has 0 radical (unpaired) electrons. The van der Waals surface area contributed by atoms with Crippen LogP contribution in [-0.4, -0.2) is 29.1 Å². The lowest BCUT2D eigenvalue weighted by molar-refractivity contribution is -0.115. The van der Waals surface area contributed by atoms with Gasteiger partial charge in [-0.15, -0.1) is 0 Å². The summed E-state index contributed by atoms with van der Waals surface area (Å²) in [6.45, 7) is 3.77. The summed E-state index contributed by atoms with van der Waals surface area (Å²) in [7, 11) is 1.36. The summed E-state index contributed by atoms with van der Waals surface area (Å²) in [6.07, 6.45) is 2.16. The molecule has 0 bridgehead atoms. The molecule has 0 aliphatic carbocycles. The molecule has 2 N–H and O–H groups in total. The van der Waals surface area contributed by atoms with Crippen LogP contribution in [0, 0.1) is 6.92 Å². The standard InChI is InChI=1S/C30H28N4O4S/c1-4-26(35)32-22-13-12-21(17-18(22)2)34-28(27(33-30(34)39)23-7-5-6-16-31-23)25-15-14-24(38-25)19-8-10-20(11-9-19)29(36)37-3/h5-17,27-28H,4H2,1-3H3,(H,32,35)(H,33,39)/t27-,28-/m1/s1. The maximum absolute atomic E-state index is 12.0. The number of amides is 1. The molecular weight excluding hydrogens is 512 g/mol. The lowest BCUT2D eigenvalue weighted by Gasteiger charge is -2.26. The summed E-state index contributed by atoms with van der Waals surface area (Å²) in [6, 6.07) is 21.9. The first-order valence-electron chi connectivity index (χ1n) is 12.6. The van der Waals surface area contributed by atoms with Gasteiger partial charge in [0.05, 0.1) is 24.4 Å². The van der Waals surface area contributed by atoms with Crippen LogP contribution in [-0.2, 0) is 9.53 Å². The van der Waals surface area contributed by atoms with Crippen LogP contribution in [0.5, 0.6) is 0 Å². The van der Waals surface area contributed by atoms with E-state index >= 15 is 0 Å². The number of pyridine rings is 1. The second-order valence-corrected chi connectivity index (χ2v) is 9.56. The number of esters is 1. The Morgan fingerprint density at radius 1 is 1.10 bits per heavy atom. The van der Waals surface area contributed by atoms with E-state index in [9.17, 15) is 9.59 Å². The van der Waals surface area contributed by atoms with Crippen molar-refractivity contribution in [1.82, 2.24) is 10.3 Å². The zero-order valence-corrected chi connectivity index (χ0v) is 22.6. The van der Waals surface area contributed by atoms with Crippen LogP contribution in [0.1, 0.15) is 52.8 Å². The minimum absolute atomic E-state index is 0.0416. The number of carbonyl (C=O) groups is 2. The Kier molecular flexibility index (Phi) is 7.42. The molecule has 1 saturated heterocycles. The fourth-order valence-corrected chi connectivity index (χ4v) is 5.00. The van der Waals surface area contributed by atoms with Gasteiger partial charge in [0.2, 0.25) is 5.91 Å². The fraction of sp³-hybridized carbons (Fsp3) is 0.200. The minimum atomic E-state index is -0.392. The molecule has 5 rings (SSSR count). The molecule has 2 aromatic carbocycles. The molecule has 0 saturated carbocycles. The summed E-state index contributed by atoms with van der Waals surface area (Å²) in [5.41, 5.74) is 4.67. The molecule has 0 unspecified atom stereocenters. The van der Waals surface area contributed by atoms with E-state index in [-0.39, 0.29) is 18.0 Å². The topological polar surface area (TPSA) is 96.7 Å². The number of thiocarbonyl (C=S) groups is 1. The molecular formula is C30H28N4O4S. The number of rotatable bonds is 7. The number of benzene rings is 2. The quantitative estimate of drug-likeness (QED) is 0.219. The van der Waals surface area contributed by atoms with E-state index < -0.39 is 5.97 Å². The van der Waals surface area contributed by atoms with Gasteiger partial charge >= 0.3 is 5.97 Å². The van der Waals surface area contributed by atoms with E-state index in [2.05, 4.69) is 15.6 Å². The van der Waals surface area contributed by atoms with Crippen LogP contribution in [0.4, 0.5) is 11.4 Å². The Balaban J connectivity index is 1.53. The van der Waals surface area contributed by atoms with Gasteiger partial charge in [-0.25, -0.2) is 4.79 Å². The summed E-state index contributed by atoms with van der Waals surface area (Å²) >= 11 is 5.82. The predicted octanol–water partition coefficient (Wildman–Crippen LogP) is 5.96. The van der Waals surface area contributed by atoms with Crippen molar-refractivity contribution in [1.29, 1.82) is 0 Å². The van der Waals surface area contributed by atoms with Crippen LogP contribution in [0.15, 0.2) is 83.4 Å². The van der Waals surface area contributed by atoms with Crippen molar-refractivity contribution < 1.29 is 18.7 Å². The number of methoxy groups -OCH3 is 1. The third-order valence-electron chi connectivity index (χ3n) is 6.69. The molecule has 0 spiro atoms. The third kappa shape index (κ3) is 5.26. The average Bonchev–Trinajstić information content (AvgIpc) is 3.59. The van der Waals surface area contributed by atoms with Crippen molar-refractivity contribution in [2.45, 2.75) is 32.4 Å². The molecule has 8 nitrogen and oxygen atoms in total. The molecule has 3 heterocycles. The van der Waals surface area contributed by atoms with E-state index in [0.717, 1.165) is 28.2 Å². The van der Waals surface area contributed by atoms with Gasteiger partial charge in [-0.05, 0) is 79.3 Å². The molecule has 1 aliphatic rings. The molecule has 1 aliphatic heterocycles. The number of aromatic nitrogens is 1. The van der Waals surface area contributed by atoms with Gasteiger partial charge in [0.25, 0.3) is 0 Å². The molecule has 1 amide bonds. The van der Waals surface area contributed by atoms with Gasteiger partial charge in [0.1, 0.15) is 17.6 Å². The average molecular weight is 541 g/mol. The van der Waals surface area contributed by atoms with Gasteiger partial charge in [0, 0.05) is 29.6 Å². The number of ether oxygens (including phenoxy) is 1. The zero-order valence-electron chi connectivity index (χ0n) is 21.8. The van der Waals surface area contributed by atoms with Crippen molar-refractivity contribution in [2.24, 2.45) is 0 Å². The second-order valence-electron chi connectivity index (χ2n) is 9.17. The van der Waals surface area contributed by atoms with Crippen LogP contribution < -0.4 is 15.5 Å². The fourth-order valence-electron chi connectivity index (χ4n) is 4.65. The van der Waals surface area contributed by atoms with E-state index in [0.29, 0.717) is 28.6 Å². The van der Waals surface area contributed by atoms with E-state index in [4.69, 9.17) is 21.4 Å². The number of aryl methyl sites for hydroxylation is 1. The Hall–Kier alpha value is -4.50. The molecule has 198 valence electrons. The molecule has 4 aromatic rings. The van der Waals surface area contributed by atoms with E-state index in [1.807, 2.05) is 79.4 Å². The maximum atomic E-state index is 12.0. The van der Waals surface area contributed by atoms with E-state index in [1.165, 1.54) is 7.11 Å². The Morgan fingerprint density at radius 2 is 1.90 bits per heavy atom. The normalized spacial score (nSPS) is 16.6. The molecule has 2 atom stereocenters. The number of furan rings is 1. The van der Waals surface area contributed by atoms with Crippen molar-refractivity contribution in [3.63, 3.8) is 0 Å². The predicted molar refractivity (Wildman–Crippen MR) is 154 cm³/mol. The molecule has 9 heteroatoms. The van der Waals surface area contributed by atoms with Crippen molar-refractivity contribution in [2.75, 3.05) is 17.3 Å². The highest BCUT2D eigenvalue weighted by Crippen LogP contribution is 2.43. The zero-order chi connectivity index (χ0) is 27.5. The summed E-state index contributed by atoms with van der Waals surface area (Å²) in [4.78, 5) is 30.4. The Morgan fingerprint density at radius 3 is 2.56 bits per heavy atom. The van der Waals surface area contributed by atoms with Crippen LogP contribution in [0.2, 0.25) is 0 Å². The summed E-state index contributed by atoms with van der Waals surface area (Å²) in [5.74, 6) is 0.926. The molecule has 1 fully saturated rings. The number of nitrogens with zero attached hydrogens (tertiary/aromatic N) is 2. The van der Waals surface area contributed by atoms with Crippen LogP contribution in [0.25, 0.3) is 11.3 Å². The SMILES string of the molecule is CCC(=O)Nc1ccc(N2C(=S)N[C@H](c3ccccn3)[C@H]2c2ccc(-c3ccc(C(=O)OC)cc3)o2)cc1C.